The van der Waals surface area contributed by atoms with Crippen LogP contribution in [0, 0.1) is 0 Å². The minimum absolute atomic E-state index is 0.255. The smallest absolute Gasteiger partial charge is 0.268 e. The second-order valence-electron chi connectivity index (χ2n) is 4.83. The standard InChI is InChI=1S/C14H13ClN6O/c1-7(16)13-20-9-4-2-3-8(15)12(9)14(22)21(13)11-6-18-10(17)5-19-11/h2-7H,16H2,1H3,(H2,17,18). The van der Waals surface area contributed by atoms with Crippen molar-refractivity contribution in [1.82, 2.24) is 19.5 Å². The number of fused-ring (bicyclic) bond motifs is 1. The zero-order chi connectivity index (χ0) is 15.9. The van der Waals surface area contributed by atoms with Crippen LogP contribution in [0.4, 0.5) is 5.82 Å². The lowest BCUT2D eigenvalue weighted by molar-refractivity contribution is 0.687. The number of hydrogen-bond acceptors (Lipinski definition) is 6. The van der Waals surface area contributed by atoms with Gasteiger partial charge in [-0.15, -0.1) is 0 Å². The maximum atomic E-state index is 12.8. The van der Waals surface area contributed by atoms with Crippen LogP contribution in [0.25, 0.3) is 16.7 Å². The van der Waals surface area contributed by atoms with Gasteiger partial charge in [0.1, 0.15) is 11.6 Å². The molecular formula is C14H13ClN6O. The Morgan fingerprint density at radius 2 is 2.05 bits per heavy atom. The molecule has 22 heavy (non-hydrogen) atoms. The van der Waals surface area contributed by atoms with E-state index in [1.54, 1.807) is 25.1 Å². The molecule has 7 nitrogen and oxygen atoms in total. The molecule has 0 aliphatic carbocycles. The predicted octanol–water partition coefficient (Wildman–Crippen LogP) is 1.43. The third kappa shape index (κ3) is 2.30. The Balaban J connectivity index is 2.43. The summed E-state index contributed by atoms with van der Waals surface area (Å²) in [4.78, 5) is 25.4. The van der Waals surface area contributed by atoms with E-state index in [2.05, 4.69) is 15.0 Å². The van der Waals surface area contributed by atoms with E-state index in [4.69, 9.17) is 23.1 Å². The minimum atomic E-state index is -0.476. The van der Waals surface area contributed by atoms with Gasteiger partial charge in [0.2, 0.25) is 0 Å². The number of halogens is 1. The van der Waals surface area contributed by atoms with Crippen molar-refractivity contribution in [3.05, 3.63) is 51.8 Å². The van der Waals surface area contributed by atoms with Gasteiger partial charge in [0.05, 0.1) is 34.4 Å². The Hall–Kier alpha value is -2.51. The highest BCUT2D eigenvalue weighted by atomic mass is 35.5. The van der Waals surface area contributed by atoms with Crippen molar-refractivity contribution in [2.24, 2.45) is 5.73 Å². The predicted molar refractivity (Wildman–Crippen MR) is 85.0 cm³/mol. The van der Waals surface area contributed by atoms with Crippen LogP contribution < -0.4 is 17.0 Å². The van der Waals surface area contributed by atoms with Crippen LogP contribution >= 0.6 is 11.6 Å². The van der Waals surface area contributed by atoms with E-state index in [0.29, 0.717) is 27.6 Å². The number of nitrogen functional groups attached to an aromatic ring is 1. The molecule has 2 aromatic heterocycles. The molecule has 0 radical (unpaired) electrons. The Morgan fingerprint density at radius 1 is 1.27 bits per heavy atom. The van der Waals surface area contributed by atoms with Gasteiger partial charge in [-0.2, -0.15) is 0 Å². The fourth-order valence-corrected chi connectivity index (χ4v) is 2.43. The summed E-state index contributed by atoms with van der Waals surface area (Å²) in [7, 11) is 0. The summed E-state index contributed by atoms with van der Waals surface area (Å²) in [5.74, 6) is 0.922. The van der Waals surface area contributed by atoms with Crippen LogP contribution in [0.3, 0.4) is 0 Å². The van der Waals surface area contributed by atoms with E-state index in [-0.39, 0.29) is 11.4 Å². The Morgan fingerprint density at radius 3 is 2.68 bits per heavy atom. The largest absolute Gasteiger partial charge is 0.382 e. The molecule has 1 atom stereocenters. The van der Waals surface area contributed by atoms with E-state index < -0.39 is 6.04 Å². The molecule has 2 heterocycles. The van der Waals surface area contributed by atoms with Gasteiger partial charge in [-0.05, 0) is 19.1 Å². The lowest BCUT2D eigenvalue weighted by Crippen LogP contribution is -2.28. The third-order valence-electron chi connectivity index (χ3n) is 3.17. The second kappa shape index (κ2) is 5.36. The van der Waals surface area contributed by atoms with Crippen molar-refractivity contribution >= 4 is 28.3 Å². The van der Waals surface area contributed by atoms with Crippen molar-refractivity contribution in [2.75, 3.05) is 5.73 Å². The summed E-state index contributed by atoms with van der Waals surface area (Å²) < 4.78 is 1.31. The summed E-state index contributed by atoms with van der Waals surface area (Å²) in [5.41, 5.74) is 11.6. The number of nitrogens with two attached hydrogens (primary N) is 2. The molecule has 0 saturated heterocycles. The van der Waals surface area contributed by atoms with Crippen LogP contribution in [0.1, 0.15) is 18.8 Å². The number of benzene rings is 1. The average molecular weight is 317 g/mol. The van der Waals surface area contributed by atoms with Gasteiger partial charge in [0, 0.05) is 0 Å². The van der Waals surface area contributed by atoms with E-state index in [1.807, 2.05) is 0 Å². The molecule has 0 aliphatic heterocycles. The highest BCUT2D eigenvalue weighted by Gasteiger charge is 2.18. The summed E-state index contributed by atoms with van der Waals surface area (Å²) in [5, 5.41) is 0.635. The Kier molecular flexibility index (Phi) is 3.51. The minimum Gasteiger partial charge on any atom is -0.382 e. The number of anilines is 1. The average Bonchev–Trinajstić information content (AvgIpc) is 2.48. The fourth-order valence-electron chi connectivity index (χ4n) is 2.18. The van der Waals surface area contributed by atoms with Gasteiger partial charge in [-0.25, -0.2) is 19.5 Å². The number of nitrogens with zero attached hydrogens (tertiary/aromatic N) is 4. The Labute approximate surface area is 130 Å². The number of rotatable bonds is 2. The first kappa shape index (κ1) is 14.4. The van der Waals surface area contributed by atoms with Crippen LogP contribution in [-0.4, -0.2) is 19.5 Å². The lowest BCUT2D eigenvalue weighted by atomic mass is 10.2. The number of hydrogen-bond donors (Lipinski definition) is 2. The molecule has 0 spiro atoms. The quantitative estimate of drug-likeness (QED) is 0.739. The molecule has 3 aromatic rings. The van der Waals surface area contributed by atoms with Crippen LogP contribution in [0.15, 0.2) is 35.4 Å². The van der Waals surface area contributed by atoms with Crippen LogP contribution in [-0.2, 0) is 0 Å². The van der Waals surface area contributed by atoms with Gasteiger partial charge >= 0.3 is 0 Å². The van der Waals surface area contributed by atoms with Gasteiger partial charge in [-0.3, -0.25) is 4.79 Å². The van der Waals surface area contributed by atoms with Gasteiger partial charge < -0.3 is 11.5 Å². The first-order valence-electron chi connectivity index (χ1n) is 6.53. The molecule has 0 amide bonds. The maximum Gasteiger partial charge on any atom is 0.268 e. The normalized spacial score (nSPS) is 12.5. The summed E-state index contributed by atoms with van der Waals surface area (Å²) in [6.45, 7) is 1.74. The summed E-state index contributed by atoms with van der Waals surface area (Å²) in [6.07, 6.45) is 2.76. The van der Waals surface area contributed by atoms with Crippen molar-refractivity contribution in [1.29, 1.82) is 0 Å². The summed E-state index contributed by atoms with van der Waals surface area (Å²) in [6, 6.07) is 4.61. The summed E-state index contributed by atoms with van der Waals surface area (Å²) >= 11 is 6.14. The Bertz CT molecular complexity index is 904. The third-order valence-corrected chi connectivity index (χ3v) is 3.48. The second-order valence-corrected chi connectivity index (χ2v) is 5.24. The van der Waals surface area contributed by atoms with E-state index >= 15 is 0 Å². The topological polar surface area (TPSA) is 113 Å². The zero-order valence-electron chi connectivity index (χ0n) is 11.7. The SMILES string of the molecule is CC(N)c1nc2cccc(Cl)c2c(=O)n1-c1cnc(N)cn1. The van der Waals surface area contributed by atoms with Crippen molar-refractivity contribution in [3.8, 4) is 5.82 Å². The van der Waals surface area contributed by atoms with Crippen molar-refractivity contribution in [2.45, 2.75) is 13.0 Å². The van der Waals surface area contributed by atoms with E-state index in [9.17, 15) is 4.79 Å². The van der Waals surface area contributed by atoms with Gasteiger partial charge in [0.25, 0.3) is 5.56 Å². The molecule has 8 heteroatoms. The fraction of sp³-hybridized carbons (Fsp3) is 0.143. The molecule has 112 valence electrons. The van der Waals surface area contributed by atoms with Crippen LogP contribution in [0.5, 0.6) is 0 Å². The maximum absolute atomic E-state index is 12.8. The molecule has 0 aliphatic rings. The molecule has 1 aromatic carbocycles. The molecule has 1 unspecified atom stereocenters. The van der Waals surface area contributed by atoms with Crippen molar-refractivity contribution < 1.29 is 0 Å². The lowest BCUT2D eigenvalue weighted by Gasteiger charge is -2.15. The van der Waals surface area contributed by atoms with E-state index in [1.165, 1.54) is 17.0 Å². The van der Waals surface area contributed by atoms with Gasteiger partial charge in [0.15, 0.2) is 5.82 Å². The molecule has 0 saturated carbocycles. The first-order valence-corrected chi connectivity index (χ1v) is 6.91. The molecule has 3 rings (SSSR count). The monoisotopic (exact) mass is 316 g/mol. The molecular weight excluding hydrogens is 304 g/mol. The highest BCUT2D eigenvalue weighted by Crippen LogP contribution is 2.21. The van der Waals surface area contributed by atoms with Crippen molar-refractivity contribution in [3.63, 3.8) is 0 Å². The number of aromatic nitrogens is 4. The van der Waals surface area contributed by atoms with Crippen LogP contribution in [0.2, 0.25) is 5.02 Å². The highest BCUT2D eigenvalue weighted by molar-refractivity contribution is 6.35. The van der Waals surface area contributed by atoms with Gasteiger partial charge in [-0.1, -0.05) is 17.7 Å². The molecule has 0 fully saturated rings. The zero-order valence-corrected chi connectivity index (χ0v) is 12.4. The molecule has 4 N–H and O–H groups in total. The first-order chi connectivity index (χ1) is 10.5. The van der Waals surface area contributed by atoms with E-state index in [0.717, 1.165) is 0 Å². The molecule has 0 bridgehead atoms.